The highest BCUT2D eigenvalue weighted by Crippen LogP contribution is 2.07. The summed E-state index contributed by atoms with van der Waals surface area (Å²) in [6, 6.07) is 7.30. The van der Waals surface area contributed by atoms with Crippen LogP contribution in [0.15, 0.2) is 24.3 Å². The number of hydrogen-bond acceptors (Lipinski definition) is 2. The lowest BCUT2D eigenvalue weighted by atomic mass is 10.1. The van der Waals surface area contributed by atoms with Crippen molar-refractivity contribution in [2.75, 3.05) is 18.6 Å². The van der Waals surface area contributed by atoms with Gasteiger partial charge in [-0.2, -0.15) is 11.8 Å². The Morgan fingerprint density at radius 1 is 1.21 bits per heavy atom. The monoisotopic (exact) mass is 283 g/mol. The molecule has 0 amide bonds. The summed E-state index contributed by atoms with van der Waals surface area (Å²) in [6.07, 6.45) is 8.27. The summed E-state index contributed by atoms with van der Waals surface area (Å²) in [7, 11) is 0. The maximum absolute atomic E-state index is 13.0. The zero-order valence-electron chi connectivity index (χ0n) is 12.1. The number of benzene rings is 1. The fraction of sp³-hybridized carbons (Fsp3) is 0.625. The number of nitrogens with one attached hydrogen (secondary N) is 1. The highest BCUT2D eigenvalue weighted by atomic mass is 32.2. The smallest absolute Gasteiger partial charge is 0.123 e. The van der Waals surface area contributed by atoms with Crippen molar-refractivity contribution in [1.82, 2.24) is 5.32 Å². The molecule has 1 atom stereocenters. The van der Waals surface area contributed by atoms with Crippen molar-refractivity contribution >= 4 is 11.8 Å². The first-order chi connectivity index (χ1) is 9.22. The van der Waals surface area contributed by atoms with E-state index in [9.17, 15) is 4.39 Å². The van der Waals surface area contributed by atoms with Crippen molar-refractivity contribution in [3.05, 3.63) is 35.6 Å². The third kappa shape index (κ3) is 8.27. The van der Waals surface area contributed by atoms with Crippen LogP contribution in [0, 0.1) is 5.82 Å². The largest absolute Gasteiger partial charge is 0.314 e. The molecule has 1 rings (SSSR count). The number of thioether (sulfide) groups is 1. The Hall–Kier alpha value is -0.540. The van der Waals surface area contributed by atoms with Crippen molar-refractivity contribution in [2.24, 2.45) is 0 Å². The predicted molar refractivity (Wildman–Crippen MR) is 84.4 cm³/mol. The first-order valence-corrected chi connectivity index (χ1v) is 8.58. The summed E-state index contributed by atoms with van der Waals surface area (Å²) in [5.41, 5.74) is 1.07. The molecule has 1 unspecified atom stereocenters. The molecule has 0 bridgehead atoms. The second kappa shape index (κ2) is 10.3. The van der Waals surface area contributed by atoms with E-state index in [1.54, 1.807) is 12.1 Å². The second-order valence-corrected chi connectivity index (χ2v) is 6.08. The van der Waals surface area contributed by atoms with E-state index in [-0.39, 0.29) is 5.82 Å². The van der Waals surface area contributed by atoms with E-state index >= 15 is 0 Å². The molecule has 1 aromatic carbocycles. The van der Waals surface area contributed by atoms with E-state index in [4.69, 9.17) is 0 Å². The molecule has 1 N–H and O–H groups in total. The van der Waals surface area contributed by atoms with Gasteiger partial charge in [0.2, 0.25) is 0 Å². The standard InChI is InChI=1S/C16H26FNS/c1-14(12-15-8-7-9-16(17)13-15)18-10-5-3-4-6-11-19-2/h7-9,13-14,18H,3-6,10-12H2,1-2H3. The van der Waals surface area contributed by atoms with E-state index < -0.39 is 0 Å². The number of rotatable bonds is 10. The SMILES string of the molecule is CSCCCCCCNC(C)Cc1cccc(F)c1. The molecule has 3 heteroatoms. The second-order valence-electron chi connectivity index (χ2n) is 5.10. The van der Waals surface area contributed by atoms with Gasteiger partial charge in [0.15, 0.2) is 0 Å². The van der Waals surface area contributed by atoms with E-state index in [0.29, 0.717) is 6.04 Å². The van der Waals surface area contributed by atoms with Gasteiger partial charge in [-0.25, -0.2) is 4.39 Å². The highest BCUT2D eigenvalue weighted by Gasteiger charge is 2.03. The van der Waals surface area contributed by atoms with Crippen molar-refractivity contribution in [3.63, 3.8) is 0 Å². The first kappa shape index (κ1) is 16.5. The van der Waals surface area contributed by atoms with Crippen molar-refractivity contribution in [1.29, 1.82) is 0 Å². The van der Waals surface area contributed by atoms with Gasteiger partial charge in [-0.15, -0.1) is 0 Å². The molecule has 0 aliphatic rings. The molecule has 1 aromatic rings. The van der Waals surface area contributed by atoms with Crippen molar-refractivity contribution in [3.8, 4) is 0 Å². The Labute approximate surface area is 121 Å². The minimum Gasteiger partial charge on any atom is -0.314 e. The Balaban J connectivity index is 2.06. The minimum absolute atomic E-state index is 0.140. The number of hydrogen-bond donors (Lipinski definition) is 1. The molecule has 108 valence electrons. The molecule has 1 nitrogen and oxygen atoms in total. The molecule has 0 radical (unpaired) electrons. The molecule has 0 heterocycles. The average Bonchev–Trinajstić information content (AvgIpc) is 2.37. The van der Waals surface area contributed by atoms with Crippen LogP contribution in [0.4, 0.5) is 4.39 Å². The maximum atomic E-state index is 13.0. The quantitative estimate of drug-likeness (QED) is 0.644. The van der Waals surface area contributed by atoms with Crippen LogP contribution >= 0.6 is 11.8 Å². The molecule has 19 heavy (non-hydrogen) atoms. The first-order valence-electron chi connectivity index (χ1n) is 7.19. The summed E-state index contributed by atoms with van der Waals surface area (Å²) in [4.78, 5) is 0. The molecule has 0 saturated heterocycles. The van der Waals surface area contributed by atoms with Gasteiger partial charge in [0.05, 0.1) is 0 Å². The molecule has 0 fully saturated rings. The fourth-order valence-corrected chi connectivity index (χ4v) is 2.66. The fourth-order valence-electron chi connectivity index (χ4n) is 2.16. The van der Waals surface area contributed by atoms with E-state index in [0.717, 1.165) is 18.5 Å². The molecule has 0 spiro atoms. The third-order valence-corrected chi connectivity index (χ3v) is 3.90. The van der Waals surface area contributed by atoms with E-state index in [2.05, 4.69) is 18.5 Å². The van der Waals surface area contributed by atoms with Crippen LogP contribution in [0.25, 0.3) is 0 Å². The van der Waals surface area contributed by atoms with Gasteiger partial charge in [-0.3, -0.25) is 0 Å². The van der Waals surface area contributed by atoms with Gasteiger partial charge < -0.3 is 5.32 Å². The van der Waals surface area contributed by atoms with Gasteiger partial charge in [-0.05, 0) is 62.4 Å². The van der Waals surface area contributed by atoms with Crippen LogP contribution in [0.2, 0.25) is 0 Å². The Bertz CT molecular complexity index is 343. The average molecular weight is 283 g/mol. The summed E-state index contributed by atoms with van der Waals surface area (Å²) >= 11 is 1.93. The zero-order valence-corrected chi connectivity index (χ0v) is 12.9. The number of halogens is 1. The number of unbranched alkanes of at least 4 members (excludes halogenated alkanes) is 3. The maximum Gasteiger partial charge on any atom is 0.123 e. The topological polar surface area (TPSA) is 12.0 Å². The lowest BCUT2D eigenvalue weighted by molar-refractivity contribution is 0.517. The van der Waals surface area contributed by atoms with Gasteiger partial charge in [-0.1, -0.05) is 25.0 Å². The predicted octanol–water partition coefficient (Wildman–Crippen LogP) is 4.27. The van der Waals surface area contributed by atoms with Crippen LogP contribution in [0.5, 0.6) is 0 Å². The normalized spacial score (nSPS) is 12.6. The molecule has 0 aromatic heterocycles. The highest BCUT2D eigenvalue weighted by molar-refractivity contribution is 7.98. The van der Waals surface area contributed by atoms with Gasteiger partial charge in [0, 0.05) is 6.04 Å². The van der Waals surface area contributed by atoms with Gasteiger partial charge >= 0.3 is 0 Å². The van der Waals surface area contributed by atoms with Gasteiger partial charge in [0.1, 0.15) is 5.82 Å². The van der Waals surface area contributed by atoms with Crippen molar-refractivity contribution < 1.29 is 4.39 Å². The Morgan fingerprint density at radius 3 is 2.74 bits per heavy atom. The Kier molecular flexibility index (Phi) is 8.93. The molecular weight excluding hydrogens is 257 g/mol. The summed E-state index contributed by atoms with van der Waals surface area (Å²) in [5, 5.41) is 3.51. The molecular formula is C16H26FNS. The minimum atomic E-state index is -0.140. The molecule has 0 aliphatic heterocycles. The van der Waals surface area contributed by atoms with Crippen LogP contribution in [0.3, 0.4) is 0 Å². The summed E-state index contributed by atoms with van der Waals surface area (Å²) < 4.78 is 13.0. The van der Waals surface area contributed by atoms with E-state index in [1.165, 1.54) is 37.5 Å². The van der Waals surface area contributed by atoms with Crippen molar-refractivity contribution in [2.45, 2.75) is 45.1 Å². The third-order valence-electron chi connectivity index (χ3n) is 3.20. The zero-order chi connectivity index (χ0) is 13.9. The van der Waals surface area contributed by atoms with Crippen LogP contribution in [-0.2, 0) is 6.42 Å². The lowest BCUT2D eigenvalue weighted by Gasteiger charge is -2.13. The van der Waals surface area contributed by atoms with Crippen LogP contribution in [-0.4, -0.2) is 24.6 Å². The van der Waals surface area contributed by atoms with Gasteiger partial charge in [0.25, 0.3) is 0 Å². The molecule has 0 aliphatic carbocycles. The van der Waals surface area contributed by atoms with Crippen LogP contribution in [0.1, 0.15) is 38.2 Å². The summed E-state index contributed by atoms with van der Waals surface area (Å²) in [6.45, 7) is 3.23. The Morgan fingerprint density at radius 2 is 2.00 bits per heavy atom. The van der Waals surface area contributed by atoms with Crippen LogP contribution < -0.4 is 5.32 Å². The lowest BCUT2D eigenvalue weighted by Crippen LogP contribution is -2.29. The molecule has 0 saturated carbocycles. The summed E-state index contributed by atoms with van der Waals surface area (Å²) in [5.74, 6) is 1.14. The van der Waals surface area contributed by atoms with E-state index in [1.807, 2.05) is 17.8 Å².